The number of ether oxygens (including phenoxy) is 1. The highest BCUT2D eigenvalue weighted by Crippen LogP contribution is 2.36. The van der Waals surface area contributed by atoms with Crippen molar-refractivity contribution < 1.29 is 9.53 Å². The Bertz CT molecular complexity index is 1100. The van der Waals surface area contributed by atoms with E-state index in [0.717, 1.165) is 28.3 Å². The lowest BCUT2D eigenvalue weighted by atomic mass is 9.95. The van der Waals surface area contributed by atoms with Gasteiger partial charge in [0.15, 0.2) is 0 Å². The van der Waals surface area contributed by atoms with Crippen LogP contribution in [0.1, 0.15) is 29.9 Å². The van der Waals surface area contributed by atoms with Crippen LogP contribution in [-0.2, 0) is 4.79 Å². The molecule has 148 valence electrons. The number of amides is 1. The summed E-state index contributed by atoms with van der Waals surface area (Å²) in [5.41, 5.74) is 4.05. The number of hydrogen-bond acceptors (Lipinski definition) is 5. The average Bonchev–Trinajstić information content (AvgIpc) is 3.08. The number of anilines is 2. The lowest BCUT2D eigenvalue weighted by Crippen LogP contribution is -2.31. The molecule has 0 unspecified atom stereocenters. The SMILES string of the molecule is COc1ccc([C@@H]2C(C(=O)Nc3ccccc3C)=C(C)Nc3nc(C)nn32)cc1. The van der Waals surface area contributed by atoms with Gasteiger partial charge in [-0.05, 0) is 50.1 Å². The zero-order valence-corrected chi connectivity index (χ0v) is 16.9. The third-order valence-corrected chi connectivity index (χ3v) is 5.03. The molecule has 0 spiro atoms. The minimum atomic E-state index is -0.401. The molecular weight excluding hydrogens is 366 g/mol. The van der Waals surface area contributed by atoms with E-state index in [1.165, 1.54) is 0 Å². The molecule has 1 aromatic heterocycles. The molecule has 0 fully saturated rings. The molecule has 0 saturated carbocycles. The lowest BCUT2D eigenvalue weighted by molar-refractivity contribution is -0.113. The Kier molecular flexibility index (Phi) is 4.80. The van der Waals surface area contributed by atoms with Gasteiger partial charge in [0, 0.05) is 11.4 Å². The second kappa shape index (κ2) is 7.43. The second-order valence-electron chi connectivity index (χ2n) is 7.04. The molecule has 29 heavy (non-hydrogen) atoms. The summed E-state index contributed by atoms with van der Waals surface area (Å²) in [6, 6.07) is 15.0. The number of benzene rings is 2. The molecule has 7 nitrogen and oxygen atoms in total. The zero-order chi connectivity index (χ0) is 20.5. The van der Waals surface area contributed by atoms with E-state index in [9.17, 15) is 4.79 Å². The molecule has 1 aliphatic heterocycles. The summed E-state index contributed by atoms with van der Waals surface area (Å²) >= 11 is 0. The van der Waals surface area contributed by atoms with Gasteiger partial charge in [-0.3, -0.25) is 4.79 Å². The van der Waals surface area contributed by atoms with Crippen LogP contribution in [0.15, 0.2) is 59.8 Å². The molecule has 0 radical (unpaired) electrons. The maximum atomic E-state index is 13.4. The van der Waals surface area contributed by atoms with Crippen LogP contribution in [0, 0.1) is 13.8 Å². The monoisotopic (exact) mass is 389 g/mol. The van der Waals surface area contributed by atoms with Crippen molar-refractivity contribution in [2.75, 3.05) is 17.7 Å². The van der Waals surface area contributed by atoms with Crippen molar-refractivity contribution in [2.24, 2.45) is 0 Å². The first kappa shape index (κ1) is 18.7. The Morgan fingerprint density at radius 3 is 2.52 bits per heavy atom. The van der Waals surface area contributed by atoms with Gasteiger partial charge in [-0.15, -0.1) is 0 Å². The van der Waals surface area contributed by atoms with Gasteiger partial charge in [0.05, 0.1) is 12.7 Å². The molecule has 1 amide bonds. The Labute approximate surface area is 169 Å². The van der Waals surface area contributed by atoms with Crippen LogP contribution in [0.2, 0.25) is 0 Å². The number of para-hydroxylation sites is 1. The van der Waals surface area contributed by atoms with Crippen molar-refractivity contribution >= 4 is 17.5 Å². The Morgan fingerprint density at radius 2 is 1.83 bits per heavy atom. The van der Waals surface area contributed by atoms with Crippen LogP contribution in [0.25, 0.3) is 0 Å². The highest BCUT2D eigenvalue weighted by Gasteiger charge is 2.34. The minimum absolute atomic E-state index is 0.177. The first-order chi connectivity index (χ1) is 14.0. The number of nitrogens with one attached hydrogen (secondary N) is 2. The Balaban J connectivity index is 1.78. The summed E-state index contributed by atoms with van der Waals surface area (Å²) < 4.78 is 7.04. The van der Waals surface area contributed by atoms with Crippen molar-refractivity contribution in [3.05, 3.63) is 76.8 Å². The third kappa shape index (κ3) is 3.47. The number of carbonyl (C=O) groups excluding carboxylic acids is 1. The predicted molar refractivity (Wildman–Crippen MR) is 112 cm³/mol. The van der Waals surface area contributed by atoms with Gasteiger partial charge in [-0.1, -0.05) is 30.3 Å². The summed E-state index contributed by atoms with van der Waals surface area (Å²) in [4.78, 5) is 17.8. The van der Waals surface area contributed by atoms with Crippen molar-refractivity contribution in [2.45, 2.75) is 26.8 Å². The molecule has 7 heteroatoms. The summed E-state index contributed by atoms with van der Waals surface area (Å²) in [6.07, 6.45) is 0. The quantitative estimate of drug-likeness (QED) is 0.709. The van der Waals surface area contributed by atoms with Gasteiger partial charge in [0.1, 0.15) is 17.6 Å². The normalized spacial score (nSPS) is 15.5. The van der Waals surface area contributed by atoms with Gasteiger partial charge in [-0.2, -0.15) is 10.1 Å². The smallest absolute Gasteiger partial charge is 0.255 e. The van der Waals surface area contributed by atoms with E-state index in [2.05, 4.69) is 20.7 Å². The standard InChI is InChI=1S/C22H23N5O2/c1-13-7-5-6-8-18(13)25-21(28)19-14(2)23-22-24-15(3)26-27(22)20(19)16-9-11-17(29-4)12-10-16/h5-12,20H,1-4H3,(H,25,28)(H,23,24,26)/t20-/m1/s1. The van der Waals surface area contributed by atoms with E-state index in [1.54, 1.807) is 11.8 Å². The molecule has 2 aromatic carbocycles. The summed E-state index contributed by atoms with van der Waals surface area (Å²) in [5, 5.41) is 10.8. The largest absolute Gasteiger partial charge is 0.497 e. The molecular formula is C22H23N5O2. The number of nitrogens with zero attached hydrogens (tertiary/aromatic N) is 3. The highest BCUT2D eigenvalue weighted by molar-refractivity contribution is 6.06. The van der Waals surface area contributed by atoms with E-state index in [-0.39, 0.29) is 5.91 Å². The van der Waals surface area contributed by atoms with Gasteiger partial charge in [-0.25, -0.2) is 4.68 Å². The number of hydrogen-bond donors (Lipinski definition) is 2. The fraction of sp³-hybridized carbons (Fsp3) is 0.227. The highest BCUT2D eigenvalue weighted by atomic mass is 16.5. The van der Waals surface area contributed by atoms with Gasteiger partial charge in [0.25, 0.3) is 5.91 Å². The molecule has 0 saturated heterocycles. The zero-order valence-electron chi connectivity index (χ0n) is 16.9. The predicted octanol–water partition coefficient (Wildman–Crippen LogP) is 3.83. The van der Waals surface area contributed by atoms with Crippen LogP contribution >= 0.6 is 0 Å². The number of aromatic nitrogens is 3. The maximum absolute atomic E-state index is 13.4. The molecule has 3 aromatic rings. The number of rotatable bonds is 4. The topological polar surface area (TPSA) is 81.1 Å². The molecule has 1 atom stereocenters. The van der Waals surface area contributed by atoms with Crippen molar-refractivity contribution in [3.63, 3.8) is 0 Å². The van der Waals surface area contributed by atoms with Crippen LogP contribution in [0.3, 0.4) is 0 Å². The van der Waals surface area contributed by atoms with Crippen LogP contribution in [0.5, 0.6) is 5.75 Å². The van der Waals surface area contributed by atoms with E-state index < -0.39 is 6.04 Å². The van der Waals surface area contributed by atoms with Crippen LogP contribution in [-0.4, -0.2) is 27.8 Å². The fourth-order valence-corrected chi connectivity index (χ4v) is 3.55. The second-order valence-corrected chi connectivity index (χ2v) is 7.04. The lowest BCUT2D eigenvalue weighted by Gasteiger charge is -2.29. The number of allylic oxidation sites excluding steroid dienone is 1. The Morgan fingerprint density at radius 1 is 1.10 bits per heavy atom. The first-order valence-corrected chi connectivity index (χ1v) is 9.40. The number of aryl methyl sites for hydroxylation is 2. The van der Waals surface area contributed by atoms with Gasteiger partial charge >= 0.3 is 0 Å². The molecule has 4 rings (SSSR count). The fourth-order valence-electron chi connectivity index (χ4n) is 3.55. The summed E-state index contributed by atoms with van der Waals surface area (Å²) in [5.74, 6) is 1.83. The molecule has 0 bridgehead atoms. The van der Waals surface area contributed by atoms with E-state index >= 15 is 0 Å². The Hall–Kier alpha value is -3.61. The number of carbonyl (C=O) groups is 1. The maximum Gasteiger partial charge on any atom is 0.255 e. The van der Waals surface area contributed by atoms with E-state index in [1.807, 2.05) is 69.3 Å². The molecule has 2 heterocycles. The van der Waals surface area contributed by atoms with Crippen molar-refractivity contribution in [1.82, 2.24) is 14.8 Å². The van der Waals surface area contributed by atoms with Gasteiger partial charge < -0.3 is 15.4 Å². The summed E-state index contributed by atoms with van der Waals surface area (Å²) in [6.45, 7) is 5.69. The molecule has 2 N–H and O–H groups in total. The minimum Gasteiger partial charge on any atom is -0.497 e. The summed E-state index contributed by atoms with van der Waals surface area (Å²) in [7, 11) is 1.63. The van der Waals surface area contributed by atoms with Crippen LogP contribution < -0.4 is 15.4 Å². The van der Waals surface area contributed by atoms with Crippen molar-refractivity contribution in [1.29, 1.82) is 0 Å². The number of methoxy groups -OCH3 is 1. The van der Waals surface area contributed by atoms with E-state index in [4.69, 9.17) is 4.74 Å². The van der Waals surface area contributed by atoms with E-state index in [0.29, 0.717) is 17.3 Å². The van der Waals surface area contributed by atoms with Gasteiger partial charge in [0.2, 0.25) is 5.95 Å². The van der Waals surface area contributed by atoms with Crippen LogP contribution in [0.4, 0.5) is 11.6 Å². The number of fused-ring (bicyclic) bond motifs is 1. The third-order valence-electron chi connectivity index (χ3n) is 5.03. The molecule has 0 aliphatic carbocycles. The first-order valence-electron chi connectivity index (χ1n) is 9.40. The average molecular weight is 389 g/mol. The van der Waals surface area contributed by atoms with Crippen molar-refractivity contribution in [3.8, 4) is 5.75 Å². The molecule has 1 aliphatic rings.